The van der Waals surface area contributed by atoms with Crippen LogP contribution in [0.25, 0.3) is 0 Å². The van der Waals surface area contributed by atoms with Crippen molar-refractivity contribution in [1.82, 2.24) is 0 Å². The summed E-state index contributed by atoms with van der Waals surface area (Å²) in [6.07, 6.45) is 3.37. The van der Waals surface area contributed by atoms with Gasteiger partial charge in [-0.15, -0.1) is 0 Å². The highest BCUT2D eigenvalue weighted by molar-refractivity contribution is 5.94. The van der Waals surface area contributed by atoms with E-state index in [1.807, 2.05) is 24.3 Å². The summed E-state index contributed by atoms with van der Waals surface area (Å²) in [6.45, 7) is 2.92. The van der Waals surface area contributed by atoms with E-state index in [0.717, 1.165) is 37.2 Å². The highest BCUT2D eigenvalue weighted by atomic mass is 16.5. The third kappa shape index (κ3) is 3.07. The SMILES string of the molecule is CC1OCCC1Nc1ccc(NC(=O)C2CC2)cc1. The number of anilines is 2. The Morgan fingerprint density at radius 3 is 2.42 bits per heavy atom. The van der Waals surface area contributed by atoms with E-state index in [1.54, 1.807) is 0 Å². The van der Waals surface area contributed by atoms with Gasteiger partial charge in [0.25, 0.3) is 0 Å². The first kappa shape index (κ1) is 12.5. The largest absolute Gasteiger partial charge is 0.380 e. The van der Waals surface area contributed by atoms with E-state index in [9.17, 15) is 4.79 Å². The number of carbonyl (C=O) groups is 1. The second kappa shape index (κ2) is 5.21. The van der Waals surface area contributed by atoms with Crippen molar-refractivity contribution >= 4 is 17.3 Å². The second-order valence-corrected chi connectivity index (χ2v) is 5.46. The lowest BCUT2D eigenvalue weighted by atomic mass is 10.1. The minimum Gasteiger partial charge on any atom is -0.380 e. The number of benzene rings is 1. The predicted octanol–water partition coefficient (Wildman–Crippen LogP) is 2.62. The molecule has 1 aromatic carbocycles. The van der Waals surface area contributed by atoms with Gasteiger partial charge in [0.1, 0.15) is 0 Å². The first-order valence-corrected chi connectivity index (χ1v) is 7.01. The molecule has 0 radical (unpaired) electrons. The van der Waals surface area contributed by atoms with Crippen LogP contribution in [0.5, 0.6) is 0 Å². The standard InChI is InChI=1S/C15H20N2O2/c1-10-14(8-9-19-10)16-12-4-6-13(7-5-12)17-15(18)11-2-3-11/h4-7,10-11,14,16H,2-3,8-9H2,1H3,(H,17,18). The Morgan fingerprint density at radius 1 is 1.16 bits per heavy atom. The zero-order chi connectivity index (χ0) is 13.2. The minimum absolute atomic E-state index is 0.151. The van der Waals surface area contributed by atoms with Gasteiger partial charge in [-0.2, -0.15) is 0 Å². The lowest BCUT2D eigenvalue weighted by molar-refractivity contribution is -0.117. The molecule has 3 rings (SSSR count). The Labute approximate surface area is 113 Å². The zero-order valence-corrected chi connectivity index (χ0v) is 11.2. The van der Waals surface area contributed by atoms with Gasteiger partial charge in [0.15, 0.2) is 0 Å². The Hall–Kier alpha value is -1.55. The molecule has 4 nitrogen and oxygen atoms in total. The van der Waals surface area contributed by atoms with Crippen molar-refractivity contribution in [1.29, 1.82) is 0 Å². The number of amides is 1. The lowest BCUT2D eigenvalue weighted by Gasteiger charge is -2.17. The van der Waals surface area contributed by atoms with Crippen molar-refractivity contribution < 1.29 is 9.53 Å². The van der Waals surface area contributed by atoms with Crippen LogP contribution in [-0.4, -0.2) is 24.7 Å². The molecule has 1 saturated carbocycles. The molecular formula is C15H20N2O2. The molecule has 4 heteroatoms. The van der Waals surface area contributed by atoms with Crippen LogP contribution in [-0.2, 0) is 9.53 Å². The molecule has 2 N–H and O–H groups in total. The number of hydrogen-bond acceptors (Lipinski definition) is 3. The van der Waals surface area contributed by atoms with Crippen LogP contribution in [0.15, 0.2) is 24.3 Å². The average Bonchev–Trinajstić information content (AvgIpc) is 3.18. The Kier molecular flexibility index (Phi) is 3.42. The van der Waals surface area contributed by atoms with Crippen LogP contribution < -0.4 is 10.6 Å². The van der Waals surface area contributed by atoms with E-state index in [4.69, 9.17) is 4.74 Å². The van der Waals surface area contributed by atoms with E-state index < -0.39 is 0 Å². The number of carbonyl (C=O) groups excluding carboxylic acids is 1. The van der Waals surface area contributed by atoms with Gasteiger partial charge in [-0.1, -0.05) is 0 Å². The first-order chi connectivity index (χ1) is 9.22. The summed E-state index contributed by atoms with van der Waals surface area (Å²) in [4.78, 5) is 11.6. The van der Waals surface area contributed by atoms with Crippen molar-refractivity contribution in [2.45, 2.75) is 38.3 Å². The van der Waals surface area contributed by atoms with Crippen LogP contribution in [0.1, 0.15) is 26.2 Å². The summed E-state index contributed by atoms with van der Waals surface area (Å²) >= 11 is 0. The van der Waals surface area contributed by atoms with Crippen molar-refractivity contribution in [3.05, 3.63) is 24.3 Å². The van der Waals surface area contributed by atoms with Gasteiger partial charge in [-0.3, -0.25) is 4.79 Å². The molecule has 1 heterocycles. The summed E-state index contributed by atoms with van der Waals surface area (Å²) in [6, 6.07) is 8.29. The first-order valence-electron chi connectivity index (χ1n) is 7.01. The summed E-state index contributed by atoms with van der Waals surface area (Å²) in [7, 11) is 0. The summed E-state index contributed by atoms with van der Waals surface area (Å²) in [5, 5.41) is 6.41. The number of ether oxygens (including phenoxy) is 1. The maximum absolute atomic E-state index is 11.6. The van der Waals surface area contributed by atoms with Crippen molar-refractivity contribution in [3.8, 4) is 0 Å². The van der Waals surface area contributed by atoms with Crippen molar-refractivity contribution in [2.75, 3.05) is 17.2 Å². The molecule has 2 aliphatic rings. The fraction of sp³-hybridized carbons (Fsp3) is 0.533. The number of nitrogens with one attached hydrogen (secondary N) is 2. The predicted molar refractivity (Wildman–Crippen MR) is 75.2 cm³/mol. The van der Waals surface area contributed by atoms with Crippen LogP contribution in [0.4, 0.5) is 11.4 Å². The molecular weight excluding hydrogens is 240 g/mol. The fourth-order valence-corrected chi connectivity index (χ4v) is 2.37. The Morgan fingerprint density at radius 2 is 1.84 bits per heavy atom. The van der Waals surface area contributed by atoms with Gasteiger partial charge in [0.2, 0.25) is 5.91 Å². The molecule has 0 bridgehead atoms. The number of rotatable bonds is 4. The summed E-state index contributed by atoms with van der Waals surface area (Å²) < 4.78 is 5.53. The molecule has 1 aromatic rings. The quantitative estimate of drug-likeness (QED) is 0.875. The fourth-order valence-electron chi connectivity index (χ4n) is 2.37. The molecule has 19 heavy (non-hydrogen) atoms. The zero-order valence-electron chi connectivity index (χ0n) is 11.2. The van der Waals surface area contributed by atoms with E-state index in [-0.39, 0.29) is 17.9 Å². The van der Waals surface area contributed by atoms with Crippen LogP contribution in [0, 0.1) is 5.92 Å². The highest BCUT2D eigenvalue weighted by Gasteiger charge is 2.29. The van der Waals surface area contributed by atoms with Crippen molar-refractivity contribution in [2.24, 2.45) is 5.92 Å². The second-order valence-electron chi connectivity index (χ2n) is 5.46. The van der Waals surface area contributed by atoms with Gasteiger partial charge in [0.05, 0.1) is 12.1 Å². The van der Waals surface area contributed by atoms with Gasteiger partial charge >= 0.3 is 0 Å². The maximum atomic E-state index is 11.6. The molecule has 1 aliphatic carbocycles. The summed E-state index contributed by atoms with van der Waals surface area (Å²) in [5.74, 6) is 0.396. The van der Waals surface area contributed by atoms with Gasteiger partial charge in [0, 0.05) is 23.9 Å². The van der Waals surface area contributed by atoms with Crippen LogP contribution >= 0.6 is 0 Å². The molecule has 1 saturated heterocycles. The highest BCUT2D eigenvalue weighted by Crippen LogP contribution is 2.30. The third-order valence-electron chi connectivity index (χ3n) is 3.83. The molecule has 1 amide bonds. The Bertz CT molecular complexity index is 454. The molecule has 2 fully saturated rings. The molecule has 2 unspecified atom stereocenters. The monoisotopic (exact) mass is 260 g/mol. The molecule has 0 spiro atoms. The van der Waals surface area contributed by atoms with E-state index in [0.29, 0.717) is 6.04 Å². The number of hydrogen-bond donors (Lipinski definition) is 2. The summed E-state index contributed by atoms with van der Waals surface area (Å²) in [5.41, 5.74) is 1.95. The molecule has 0 aromatic heterocycles. The molecule has 102 valence electrons. The van der Waals surface area contributed by atoms with Crippen LogP contribution in [0.3, 0.4) is 0 Å². The smallest absolute Gasteiger partial charge is 0.227 e. The van der Waals surface area contributed by atoms with E-state index >= 15 is 0 Å². The minimum atomic E-state index is 0.151. The average molecular weight is 260 g/mol. The lowest BCUT2D eigenvalue weighted by Crippen LogP contribution is -2.26. The van der Waals surface area contributed by atoms with Gasteiger partial charge < -0.3 is 15.4 Å². The maximum Gasteiger partial charge on any atom is 0.227 e. The topological polar surface area (TPSA) is 50.4 Å². The van der Waals surface area contributed by atoms with Gasteiger partial charge in [-0.05, 0) is 50.5 Å². The van der Waals surface area contributed by atoms with E-state index in [2.05, 4.69) is 17.6 Å². The van der Waals surface area contributed by atoms with Crippen molar-refractivity contribution in [3.63, 3.8) is 0 Å². The van der Waals surface area contributed by atoms with Gasteiger partial charge in [-0.25, -0.2) is 0 Å². The third-order valence-corrected chi connectivity index (χ3v) is 3.83. The normalized spacial score (nSPS) is 26.2. The molecule has 1 aliphatic heterocycles. The molecule has 2 atom stereocenters. The Balaban J connectivity index is 1.57. The van der Waals surface area contributed by atoms with Crippen LogP contribution in [0.2, 0.25) is 0 Å². The van der Waals surface area contributed by atoms with E-state index in [1.165, 1.54) is 0 Å².